The number of hydrogen-bond donors (Lipinski definition) is 3. The summed E-state index contributed by atoms with van der Waals surface area (Å²) in [6.45, 7) is 9.11. The number of alkyl carbamates (subject to hydrolysis) is 1. The minimum atomic E-state index is -1.45. The Morgan fingerprint density at radius 1 is 1.14 bits per heavy atom. The van der Waals surface area contributed by atoms with E-state index in [1.54, 1.807) is 58.9 Å². The van der Waals surface area contributed by atoms with Crippen LogP contribution in [-0.4, -0.2) is 52.7 Å². The van der Waals surface area contributed by atoms with E-state index in [1.807, 2.05) is 25.1 Å². The summed E-state index contributed by atoms with van der Waals surface area (Å²) in [5.74, 6) is -1.44. The van der Waals surface area contributed by atoms with Crippen molar-refractivity contribution < 1.29 is 24.2 Å². The van der Waals surface area contributed by atoms with Crippen LogP contribution in [0.5, 0.6) is 0 Å². The maximum absolute atomic E-state index is 13.8. The van der Waals surface area contributed by atoms with Crippen molar-refractivity contribution in [3.63, 3.8) is 0 Å². The zero-order chi connectivity index (χ0) is 27.9. The van der Waals surface area contributed by atoms with Crippen LogP contribution in [0.2, 0.25) is 5.02 Å². The van der Waals surface area contributed by atoms with Crippen LogP contribution in [0.15, 0.2) is 36.4 Å². The zero-order valence-electron chi connectivity index (χ0n) is 21.9. The highest BCUT2D eigenvalue weighted by atomic mass is 35.5. The van der Waals surface area contributed by atoms with Gasteiger partial charge in [0.15, 0.2) is 0 Å². The molecule has 2 rings (SSSR count). The lowest BCUT2D eigenvalue weighted by molar-refractivity contribution is -0.140. The van der Waals surface area contributed by atoms with Crippen LogP contribution in [0.3, 0.4) is 0 Å². The van der Waals surface area contributed by atoms with Crippen LogP contribution >= 0.6 is 11.6 Å². The number of anilines is 1. The molecule has 2 unspecified atom stereocenters. The number of nitrogens with one attached hydrogen (secondary N) is 2. The molecule has 0 bridgehead atoms. The summed E-state index contributed by atoms with van der Waals surface area (Å²) in [4.78, 5) is 40.7. The van der Waals surface area contributed by atoms with E-state index in [0.717, 1.165) is 10.5 Å². The molecule has 3 N–H and O–H groups in total. The molecule has 0 spiro atoms. The Kier molecular flexibility index (Phi) is 10.1. The molecule has 3 amide bonds. The third kappa shape index (κ3) is 7.94. The molecule has 0 saturated carbocycles. The number of aryl methyl sites for hydroxylation is 3. The van der Waals surface area contributed by atoms with E-state index in [4.69, 9.17) is 16.3 Å². The number of nitrogens with zero attached hydrogens (tertiary/aromatic N) is 2. The van der Waals surface area contributed by atoms with Crippen molar-refractivity contribution in [2.24, 2.45) is 0 Å². The summed E-state index contributed by atoms with van der Waals surface area (Å²) in [5, 5.41) is 25.0. The number of ether oxygens (including phenoxy) is 1. The van der Waals surface area contributed by atoms with E-state index in [1.165, 1.54) is 0 Å². The summed E-state index contributed by atoms with van der Waals surface area (Å²) in [6.07, 6.45) is -0.920. The van der Waals surface area contributed by atoms with Crippen molar-refractivity contribution >= 4 is 35.2 Å². The molecular weight excluding hydrogens is 496 g/mol. The number of amides is 3. The Morgan fingerprint density at radius 2 is 1.81 bits per heavy atom. The fraction of sp³-hybridized carbons (Fsp3) is 0.407. The number of nitriles is 1. The molecule has 0 saturated heterocycles. The number of aliphatic hydroxyl groups is 1. The van der Waals surface area contributed by atoms with Crippen LogP contribution in [-0.2, 0) is 14.3 Å². The first-order chi connectivity index (χ1) is 17.3. The van der Waals surface area contributed by atoms with Gasteiger partial charge >= 0.3 is 6.09 Å². The quantitative estimate of drug-likeness (QED) is 0.440. The summed E-state index contributed by atoms with van der Waals surface area (Å²) in [5.41, 5.74) is 2.27. The van der Waals surface area contributed by atoms with Crippen LogP contribution < -0.4 is 10.6 Å². The van der Waals surface area contributed by atoms with Gasteiger partial charge in [0.25, 0.3) is 5.91 Å². The summed E-state index contributed by atoms with van der Waals surface area (Å²) >= 11 is 6.32. The number of rotatable bonds is 8. The summed E-state index contributed by atoms with van der Waals surface area (Å²) in [6, 6.07) is 9.78. The van der Waals surface area contributed by atoms with Gasteiger partial charge in [0.2, 0.25) is 5.91 Å². The highest BCUT2D eigenvalue weighted by molar-refractivity contribution is 6.34. The van der Waals surface area contributed by atoms with Crippen LogP contribution in [0, 0.1) is 32.1 Å². The fourth-order valence-corrected chi connectivity index (χ4v) is 3.96. The highest BCUT2D eigenvalue weighted by Gasteiger charge is 2.37. The maximum atomic E-state index is 13.8. The molecule has 0 heterocycles. The van der Waals surface area contributed by atoms with Gasteiger partial charge in [-0.15, -0.1) is 0 Å². The van der Waals surface area contributed by atoms with Gasteiger partial charge < -0.3 is 25.4 Å². The van der Waals surface area contributed by atoms with Gasteiger partial charge in [0.05, 0.1) is 23.4 Å². The lowest BCUT2D eigenvalue weighted by Gasteiger charge is -2.33. The molecule has 2 atom stereocenters. The van der Waals surface area contributed by atoms with E-state index in [0.29, 0.717) is 27.4 Å². The standard InChI is InChI=1S/C27H33ClN4O5/c1-16-10-11-17(2)19(14-16)23(24(34)31-22-18(3)8-7-9-20(22)28)32(13-12-29)25(35)21(15-33)30-26(36)37-27(4,5)6/h7-11,14,21,23,33H,13,15H2,1-6H3,(H,30,36)(H,31,34). The second-order valence-corrected chi connectivity index (χ2v) is 10.1. The zero-order valence-corrected chi connectivity index (χ0v) is 22.6. The summed E-state index contributed by atoms with van der Waals surface area (Å²) < 4.78 is 5.20. The molecule has 0 fully saturated rings. The van der Waals surface area contributed by atoms with Gasteiger partial charge in [-0.05, 0) is 64.3 Å². The Labute approximate surface area is 222 Å². The molecule has 10 heteroatoms. The first-order valence-electron chi connectivity index (χ1n) is 11.7. The van der Waals surface area contributed by atoms with Gasteiger partial charge in [0, 0.05) is 0 Å². The first kappa shape index (κ1) is 29.6. The first-order valence-corrected chi connectivity index (χ1v) is 12.1. The Morgan fingerprint density at radius 3 is 2.38 bits per heavy atom. The van der Waals surface area contributed by atoms with Crippen molar-refractivity contribution in [3.8, 4) is 6.07 Å². The molecule has 2 aromatic rings. The normalized spacial score (nSPS) is 12.6. The van der Waals surface area contributed by atoms with Gasteiger partial charge in [-0.3, -0.25) is 9.59 Å². The van der Waals surface area contributed by atoms with E-state index < -0.39 is 48.7 Å². The SMILES string of the molecule is Cc1ccc(C)c(C(C(=O)Nc2c(C)cccc2Cl)N(CC#N)C(=O)C(CO)NC(=O)OC(C)(C)C)c1. The molecule has 198 valence electrons. The number of carbonyl (C=O) groups is 3. The molecule has 2 aromatic carbocycles. The van der Waals surface area contributed by atoms with E-state index in [9.17, 15) is 24.8 Å². The third-order valence-electron chi connectivity index (χ3n) is 5.46. The second kappa shape index (κ2) is 12.6. The van der Waals surface area contributed by atoms with Gasteiger partial charge in [-0.2, -0.15) is 5.26 Å². The molecular formula is C27H33ClN4O5. The lowest BCUT2D eigenvalue weighted by Crippen LogP contribution is -2.54. The van der Waals surface area contributed by atoms with E-state index in [2.05, 4.69) is 10.6 Å². The Bertz CT molecular complexity index is 1180. The average Bonchev–Trinajstić information content (AvgIpc) is 2.80. The Hall–Kier alpha value is -3.61. The smallest absolute Gasteiger partial charge is 0.408 e. The number of hydrogen-bond acceptors (Lipinski definition) is 6. The molecule has 0 radical (unpaired) electrons. The lowest BCUT2D eigenvalue weighted by atomic mass is 9.96. The molecule has 0 aliphatic rings. The molecule has 37 heavy (non-hydrogen) atoms. The average molecular weight is 529 g/mol. The molecule has 0 aliphatic carbocycles. The van der Waals surface area contributed by atoms with Gasteiger partial charge in [0.1, 0.15) is 24.2 Å². The van der Waals surface area contributed by atoms with Crippen molar-refractivity contribution in [1.82, 2.24) is 10.2 Å². The van der Waals surface area contributed by atoms with Crippen LogP contribution in [0.4, 0.5) is 10.5 Å². The van der Waals surface area contributed by atoms with Crippen LogP contribution in [0.1, 0.15) is 49.1 Å². The highest BCUT2D eigenvalue weighted by Crippen LogP contribution is 2.31. The van der Waals surface area contributed by atoms with Crippen molar-refractivity contribution in [2.75, 3.05) is 18.5 Å². The van der Waals surface area contributed by atoms with Crippen LogP contribution in [0.25, 0.3) is 0 Å². The van der Waals surface area contributed by atoms with Gasteiger partial charge in [-0.25, -0.2) is 4.79 Å². The van der Waals surface area contributed by atoms with E-state index >= 15 is 0 Å². The predicted octanol–water partition coefficient (Wildman–Crippen LogP) is 4.18. The molecule has 9 nitrogen and oxygen atoms in total. The van der Waals surface area contributed by atoms with E-state index in [-0.39, 0.29) is 0 Å². The predicted molar refractivity (Wildman–Crippen MR) is 141 cm³/mol. The third-order valence-corrected chi connectivity index (χ3v) is 5.77. The topological polar surface area (TPSA) is 132 Å². The maximum Gasteiger partial charge on any atom is 0.408 e. The van der Waals surface area contributed by atoms with Gasteiger partial charge in [-0.1, -0.05) is 47.5 Å². The minimum Gasteiger partial charge on any atom is -0.444 e. The largest absolute Gasteiger partial charge is 0.444 e. The van der Waals surface area contributed by atoms with Crippen molar-refractivity contribution in [1.29, 1.82) is 5.26 Å². The molecule has 0 aromatic heterocycles. The monoisotopic (exact) mass is 528 g/mol. The van der Waals surface area contributed by atoms with Crippen molar-refractivity contribution in [2.45, 2.75) is 59.2 Å². The number of halogens is 1. The second-order valence-electron chi connectivity index (χ2n) is 9.69. The van der Waals surface area contributed by atoms with Crippen molar-refractivity contribution in [3.05, 3.63) is 63.7 Å². The number of carbonyl (C=O) groups excluding carboxylic acids is 3. The number of para-hydroxylation sites is 1. The Balaban J connectivity index is 2.56. The fourth-order valence-electron chi connectivity index (χ4n) is 3.70. The molecule has 0 aliphatic heterocycles. The summed E-state index contributed by atoms with van der Waals surface area (Å²) in [7, 11) is 0. The number of aliphatic hydroxyl groups excluding tert-OH is 1. The minimum absolute atomic E-state index is 0.311. The number of benzene rings is 2.